The molecule has 1 atom stereocenters. The first kappa shape index (κ1) is 17.4. The van der Waals surface area contributed by atoms with Gasteiger partial charge in [0.1, 0.15) is 5.82 Å². The van der Waals surface area contributed by atoms with Gasteiger partial charge in [-0.15, -0.1) is 0 Å². The molecule has 24 heavy (non-hydrogen) atoms. The van der Waals surface area contributed by atoms with Crippen LogP contribution in [0.15, 0.2) is 24.3 Å². The lowest BCUT2D eigenvalue weighted by Gasteiger charge is -2.34. The van der Waals surface area contributed by atoms with Gasteiger partial charge in [-0.25, -0.2) is 4.39 Å². The average Bonchev–Trinajstić information content (AvgIpc) is 2.92. The highest BCUT2D eigenvalue weighted by atomic mass is 19.1. The summed E-state index contributed by atoms with van der Waals surface area (Å²) < 4.78 is 19.5. The van der Waals surface area contributed by atoms with Crippen molar-refractivity contribution in [1.82, 2.24) is 5.32 Å². The number of benzene rings is 1. The maximum atomic E-state index is 13.3. The van der Waals surface area contributed by atoms with Crippen molar-refractivity contribution in [2.24, 2.45) is 5.92 Å². The number of nitrogens with one attached hydrogen (secondary N) is 1. The van der Waals surface area contributed by atoms with Gasteiger partial charge in [0.25, 0.3) is 0 Å². The number of piperidine rings is 1. The summed E-state index contributed by atoms with van der Waals surface area (Å²) in [6, 6.07) is 6.25. The van der Waals surface area contributed by atoms with E-state index in [1.165, 1.54) is 12.1 Å². The molecule has 3 rings (SSSR count). The molecule has 0 radical (unpaired) electrons. The predicted octanol–water partition coefficient (Wildman–Crippen LogP) is 3.12. The van der Waals surface area contributed by atoms with Gasteiger partial charge >= 0.3 is 0 Å². The minimum Gasteiger partial charge on any atom is -0.373 e. The minimum atomic E-state index is -0.285. The van der Waals surface area contributed by atoms with Crippen LogP contribution in [0, 0.1) is 11.7 Å². The Morgan fingerprint density at radius 3 is 2.62 bits per heavy atom. The van der Waals surface area contributed by atoms with Crippen LogP contribution in [0.1, 0.15) is 39.5 Å². The number of anilines is 1. The third-order valence-corrected chi connectivity index (χ3v) is 5.03. The number of hydrogen-bond donors (Lipinski definition) is 1. The SMILES string of the molecule is CC(C)CC(=O)N(c1ccc(F)cc1)[C@@H]1COC2(CCNCC2)C1. The van der Waals surface area contributed by atoms with E-state index in [0.29, 0.717) is 13.0 Å². The molecule has 1 aromatic rings. The van der Waals surface area contributed by atoms with Crippen LogP contribution in [0.25, 0.3) is 0 Å². The zero-order valence-electron chi connectivity index (χ0n) is 14.6. The van der Waals surface area contributed by atoms with E-state index in [9.17, 15) is 9.18 Å². The highest BCUT2D eigenvalue weighted by Crippen LogP contribution is 2.37. The molecule has 2 saturated heterocycles. The van der Waals surface area contributed by atoms with Crippen molar-refractivity contribution < 1.29 is 13.9 Å². The van der Waals surface area contributed by atoms with Gasteiger partial charge in [0.2, 0.25) is 5.91 Å². The maximum Gasteiger partial charge on any atom is 0.227 e. The van der Waals surface area contributed by atoms with Crippen LogP contribution < -0.4 is 10.2 Å². The Morgan fingerprint density at radius 1 is 1.33 bits per heavy atom. The monoisotopic (exact) mass is 334 g/mol. The van der Waals surface area contributed by atoms with E-state index in [-0.39, 0.29) is 29.3 Å². The fourth-order valence-corrected chi connectivity index (χ4v) is 3.82. The smallest absolute Gasteiger partial charge is 0.227 e. The van der Waals surface area contributed by atoms with Gasteiger partial charge in [-0.2, -0.15) is 0 Å². The van der Waals surface area contributed by atoms with Gasteiger partial charge in [0, 0.05) is 12.1 Å². The predicted molar refractivity (Wildman–Crippen MR) is 92.5 cm³/mol. The molecule has 2 fully saturated rings. The Kier molecular flexibility index (Phi) is 5.21. The van der Waals surface area contributed by atoms with Crippen LogP contribution in [-0.2, 0) is 9.53 Å². The molecule has 1 amide bonds. The van der Waals surface area contributed by atoms with Crippen LogP contribution in [0.3, 0.4) is 0 Å². The molecule has 0 unspecified atom stereocenters. The molecule has 2 aliphatic rings. The summed E-state index contributed by atoms with van der Waals surface area (Å²) >= 11 is 0. The van der Waals surface area contributed by atoms with Crippen molar-refractivity contribution in [1.29, 1.82) is 0 Å². The Labute approximate surface area is 143 Å². The van der Waals surface area contributed by atoms with E-state index in [1.807, 2.05) is 18.7 Å². The van der Waals surface area contributed by atoms with Crippen LogP contribution in [0.2, 0.25) is 0 Å². The third-order valence-electron chi connectivity index (χ3n) is 5.03. The highest BCUT2D eigenvalue weighted by molar-refractivity contribution is 5.94. The molecule has 4 nitrogen and oxygen atoms in total. The summed E-state index contributed by atoms with van der Waals surface area (Å²) in [5, 5.41) is 3.36. The van der Waals surface area contributed by atoms with Crippen molar-refractivity contribution in [3.63, 3.8) is 0 Å². The van der Waals surface area contributed by atoms with Crippen LogP contribution >= 0.6 is 0 Å². The van der Waals surface area contributed by atoms with E-state index in [4.69, 9.17) is 4.74 Å². The van der Waals surface area contributed by atoms with Gasteiger partial charge in [-0.05, 0) is 62.5 Å². The first-order valence-corrected chi connectivity index (χ1v) is 8.91. The fourth-order valence-electron chi connectivity index (χ4n) is 3.82. The number of amides is 1. The molecule has 5 heteroatoms. The molecular weight excluding hydrogens is 307 g/mol. The van der Waals surface area contributed by atoms with Gasteiger partial charge in [0.15, 0.2) is 0 Å². The molecule has 0 bridgehead atoms. The Morgan fingerprint density at radius 2 is 2.00 bits per heavy atom. The Bertz CT molecular complexity index is 567. The van der Waals surface area contributed by atoms with Crippen molar-refractivity contribution in [2.45, 2.75) is 51.2 Å². The summed E-state index contributed by atoms with van der Waals surface area (Å²) in [6.45, 7) is 6.56. The molecule has 2 aliphatic heterocycles. The molecule has 2 heterocycles. The molecule has 0 saturated carbocycles. The quantitative estimate of drug-likeness (QED) is 0.920. The molecule has 1 N–H and O–H groups in total. The average molecular weight is 334 g/mol. The summed E-state index contributed by atoms with van der Waals surface area (Å²) in [4.78, 5) is 14.7. The zero-order chi connectivity index (χ0) is 17.2. The standard InChI is InChI=1S/C19H27FN2O2/c1-14(2)11-18(23)22(16-5-3-15(20)4-6-16)17-12-19(24-13-17)7-9-21-10-8-19/h3-6,14,17,21H,7-13H2,1-2H3/t17-/m0/s1. The Hall–Kier alpha value is -1.46. The largest absolute Gasteiger partial charge is 0.373 e. The number of hydrogen-bond acceptors (Lipinski definition) is 3. The first-order valence-electron chi connectivity index (χ1n) is 8.91. The summed E-state index contributed by atoms with van der Waals surface area (Å²) in [5.41, 5.74) is 0.661. The number of carbonyl (C=O) groups is 1. The second kappa shape index (κ2) is 7.19. The molecule has 0 aliphatic carbocycles. The molecule has 1 aromatic carbocycles. The lowest BCUT2D eigenvalue weighted by Crippen LogP contribution is -2.44. The molecule has 0 aromatic heterocycles. The first-order chi connectivity index (χ1) is 11.5. The number of ether oxygens (including phenoxy) is 1. The van der Waals surface area contributed by atoms with E-state index in [1.54, 1.807) is 12.1 Å². The lowest BCUT2D eigenvalue weighted by atomic mass is 9.87. The number of nitrogens with zero attached hydrogens (tertiary/aromatic N) is 1. The Balaban J connectivity index is 1.82. The van der Waals surface area contributed by atoms with Gasteiger partial charge in [0.05, 0.1) is 18.2 Å². The molecule has 1 spiro atoms. The van der Waals surface area contributed by atoms with Crippen LogP contribution in [0.4, 0.5) is 10.1 Å². The number of rotatable bonds is 4. The normalized spacial score (nSPS) is 22.9. The molecular formula is C19H27FN2O2. The van der Waals surface area contributed by atoms with Crippen molar-refractivity contribution >= 4 is 11.6 Å². The topological polar surface area (TPSA) is 41.6 Å². The highest BCUT2D eigenvalue weighted by Gasteiger charge is 2.44. The minimum absolute atomic E-state index is 0.0276. The van der Waals surface area contributed by atoms with E-state index in [2.05, 4.69) is 5.32 Å². The maximum absolute atomic E-state index is 13.3. The van der Waals surface area contributed by atoms with Crippen LogP contribution in [0.5, 0.6) is 0 Å². The van der Waals surface area contributed by atoms with Crippen molar-refractivity contribution in [3.8, 4) is 0 Å². The van der Waals surface area contributed by atoms with E-state index in [0.717, 1.165) is 38.0 Å². The number of halogens is 1. The molecule has 132 valence electrons. The van der Waals surface area contributed by atoms with Gasteiger partial charge < -0.3 is 15.0 Å². The second-order valence-electron chi connectivity index (χ2n) is 7.44. The number of carbonyl (C=O) groups excluding carboxylic acids is 1. The zero-order valence-corrected chi connectivity index (χ0v) is 14.6. The summed E-state index contributed by atoms with van der Waals surface area (Å²) in [6.07, 6.45) is 3.32. The van der Waals surface area contributed by atoms with E-state index >= 15 is 0 Å². The summed E-state index contributed by atoms with van der Waals surface area (Å²) in [7, 11) is 0. The van der Waals surface area contributed by atoms with Gasteiger partial charge in [-0.3, -0.25) is 4.79 Å². The third kappa shape index (κ3) is 3.78. The fraction of sp³-hybridized carbons (Fsp3) is 0.632. The van der Waals surface area contributed by atoms with Crippen molar-refractivity contribution in [3.05, 3.63) is 30.1 Å². The second-order valence-corrected chi connectivity index (χ2v) is 7.44. The summed E-state index contributed by atoms with van der Waals surface area (Å²) in [5.74, 6) is 0.0966. The van der Waals surface area contributed by atoms with E-state index < -0.39 is 0 Å². The van der Waals surface area contributed by atoms with Crippen molar-refractivity contribution in [2.75, 3.05) is 24.6 Å². The van der Waals surface area contributed by atoms with Gasteiger partial charge in [-0.1, -0.05) is 13.8 Å². The lowest BCUT2D eigenvalue weighted by molar-refractivity contribution is -0.119. The van der Waals surface area contributed by atoms with Crippen LogP contribution in [-0.4, -0.2) is 37.2 Å².